The summed E-state index contributed by atoms with van der Waals surface area (Å²) in [6, 6.07) is -0.0473. The summed E-state index contributed by atoms with van der Waals surface area (Å²) in [5, 5.41) is 4.67. The van der Waals surface area contributed by atoms with Crippen LogP contribution in [0.25, 0.3) is 0 Å². The molecular formula is C18H28N4O3S. The fourth-order valence-electron chi connectivity index (χ4n) is 4.50. The van der Waals surface area contributed by atoms with E-state index < -0.39 is 9.84 Å². The van der Waals surface area contributed by atoms with Gasteiger partial charge in [-0.15, -0.1) is 0 Å². The Morgan fingerprint density at radius 3 is 2.31 bits per heavy atom. The van der Waals surface area contributed by atoms with Crippen LogP contribution >= 0.6 is 0 Å². The largest absolute Gasteiger partial charge is 0.365 e. The molecule has 144 valence electrons. The van der Waals surface area contributed by atoms with E-state index in [0.717, 1.165) is 56.1 Å². The van der Waals surface area contributed by atoms with E-state index in [2.05, 4.69) is 10.00 Å². The highest BCUT2D eigenvalue weighted by atomic mass is 32.2. The van der Waals surface area contributed by atoms with Crippen molar-refractivity contribution < 1.29 is 13.2 Å². The summed E-state index contributed by atoms with van der Waals surface area (Å²) in [4.78, 5) is 16.8. The van der Waals surface area contributed by atoms with Gasteiger partial charge in [0.25, 0.3) is 0 Å². The minimum absolute atomic E-state index is 0.0473. The van der Waals surface area contributed by atoms with Gasteiger partial charge in [0.1, 0.15) is 0 Å². The van der Waals surface area contributed by atoms with Crippen molar-refractivity contribution in [3.05, 3.63) is 11.4 Å². The van der Waals surface area contributed by atoms with E-state index in [1.165, 1.54) is 6.42 Å². The molecule has 7 nitrogen and oxygen atoms in total. The van der Waals surface area contributed by atoms with Gasteiger partial charge in [0.15, 0.2) is 9.84 Å². The van der Waals surface area contributed by atoms with Crippen molar-refractivity contribution in [2.45, 2.75) is 45.6 Å². The lowest BCUT2D eigenvalue weighted by molar-refractivity contribution is -0.138. The Hall–Kier alpha value is -1.57. The molecule has 1 aliphatic carbocycles. The van der Waals surface area contributed by atoms with Crippen LogP contribution in [0.4, 0.5) is 5.69 Å². The van der Waals surface area contributed by atoms with Crippen LogP contribution in [0.15, 0.2) is 0 Å². The molecule has 0 aromatic carbocycles. The minimum Gasteiger partial charge on any atom is -0.365 e. The lowest BCUT2D eigenvalue weighted by atomic mass is 9.84. The monoisotopic (exact) mass is 380 g/mol. The molecule has 0 spiro atoms. The molecular weight excluding hydrogens is 352 g/mol. The summed E-state index contributed by atoms with van der Waals surface area (Å²) in [7, 11) is -2.93. The first kappa shape index (κ1) is 17.8. The summed E-state index contributed by atoms with van der Waals surface area (Å²) >= 11 is 0. The van der Waals surface area contributed by atoms with Crippen LogP contribution in [0.1, 0.15) is 43.1 Å². The maximum Gasteiger partial charge on any atom is 0.225 e. The molecule has 3 heterocycles. The molecule has 8 heteroatoms. The normalized spacial score (nSPS) is 26.2. The molecule has 2 aliphatic heterocycles. The molecule has 0 radical (unpaired) electrons. The van der Waals surface area contributed by atoms with Gasteiger partial charge in [0, 0.05) is 32.1 Å². The molecule has 3 fully saturated rings. The fourth-order valence-corrected chi connectivity index (χ4v) is 6.19. The van der Waals surface area contributed by atoms with Crippen LogP contribution in [0.5, 0.6) is 0 Å². The molecule has 0 N–H and O–H groups in total. The lowest BCUT2D eigenvalue weighted by Crippen LogP contribution is -2.51. The number of carbonyl (C=O) groups excluding carboxylic acids is 1. The number of amides is 1. The second-order valence-corrected chi connectivity index (χ2v) is 10.2. The molecule has 26 heavy (non-hydrogen) atoms. The van der Waals surface area contributed by atoms with Gasteiger partial charge < -0.3 is 9.80 Å². The third-order valence-electron chi connectivity index (χ3n) is 6.20. The minimum atomic E-state index is -2.93. The first-order valence-corrected chi connectivity index (χ1v) is 11.5. The van der Waals surface area contributed by atoms with Crippen molar-refractivity contribution in [3.8, 4) is 0 Å². The zero-order valence-electron chi connectivity index (χ0n) is 15.6. The Bertz CT molecular complexity index is 805. The van der Waals surface area contributed by atoms with E-state index in [1.54, 1.807) is 0 Å². The number of sulfone groups is 1. The smallest absolute Gasteiger partial charge is 0.225 e. The number of anilines is 1. The topological polar surface area (TPSA) is 75.5 Å². The zero-order chi connectivity index (χ0) is 18.5. The molecule has 1 aromatic rings. The molecule has 1 amide bonds. The van der Waals surface area contributed by atoms with Crippen LogP contribution in [0.2, 0.25) is 0 Å². The number of piperazine rings is 1. The number of carbonyl (C=O) groups is 1. The number of aromatic nitrogens is 2. The van der Waals surface area contributed by atoms with Crippen molar-refractivity contribution in [1.29, 1.82) is 0 Å². The zero-order valence-corrected chi connectivity index (χ0v) is 16.5. The van der Waals surface area contributed by atoms with Crippen molar-refractivity contribution in [2.75, 3.05) is 42.6 Å². The number of aryl methyl sites for hydroxylation is 1. The maximum absolute atomic E-state index is 12.4. The molecule has 0 bridgehead atoms. The first-order valence-electron chi connectivity index (χ1n) is 9.65. The van der Waals surface area contributed by atoms with Crippen LogP contribution in [0.3, 0.4) is 0 Å². The Morgan fingerprint density at radius 1 is 1.08 bits per heavy atom. The molecule has 1 saturated carbocycles. The predicted octanol–water partition coefficient (Wildman–Crippen LogP) is 1.31. The standard InChI is InChI=1S/C18H28N4O3S/c1-13-17(14(2)22(19-13)16-6-11-26(24,25)12-16)20-7-9-21(10-8-20)18(23)15-4-3-5-15/h15-16H,3-12H2,1-2H3. The van der Waals surface area contributed by atoms with Gasteiger partial charge in [-0.1, -0.05) is 6.42 Å². The Balaban J connectivity index is 1.46. The second-order valence-electron chi connectivity index (χ2n) is 7.96. The molecule has 1 unspecified atom stereocenters. The average molecular weight is 381 g/mol. The van der Waals surface area contributed by atoms with Crippen molar-refractivity contribution in [3.63, 3.8) is 0 Å². The van der Waals surface area contributed by atoms with Crippen LogP contribution in [-0.4, -0.2) is 66.7 Å². The van der Waals surface area contributed by atoms with Crippen molar-refractivity contribution >= 4 is 21.4 Å². The average Bonchev–Trinajstić information content (AvgIpc) is 3.05. The summed E-state index contributed by atoms with van der Waals surface area (Å²) in [5.74, 6) is 1.04. The number of hydrogen-bond donors (Lipinski definition) is 0. The highest BCUT2D eigenvalue weighted by Gasteiger charge is 2.34. The highest BCUT2D eigenvalue weighted by molar-refractivity contribution is 7.91. The first-order chi connectivity index (χ1) is 12.4. The second kappa shape index (κ2) is 6.55. The van der Waals surface area contributed by atoms with E-state index in [0.29, 0.717) is 12.3 Å². The van der Waals surface area contributed by atoms with Gasteiger partial charge in [0.05, 0.1) is 34.6 Å². The summed E-state index contributed by atoms with van der Waals surface area (Å²) in [5.41, 5.74) is 3.11. The maximum atomic E-state index is 12.4. The Morgan fingerprint density at radius 2 is 1.77 bits per heavy atom. The number of nitrogens with zero attached hydrogens (tertiary/aromatic N) is 4. The highest BCUT2D eigenvalue weighted by Crippen LogP contribution is 2.32. The van der Waals surface area contributed by atoms with Gasteiger partial charge in [-0.25, -0.2) is 8.42 Å². The van der Waals surface area contributed by atoms with Crippen LogP contribution < -0.4 is 4.90 Å². The lowest BCUT2D eigenvalue weighted by Gasteiger charge is -2.39. The number of rotatable bonds is 3. The summed E-state index contributed by atoms with van der Waals surface area (Å²) in [6.45, 7) is 7.18. The SMILES string of the molecule is Cc1nn(C2CCS(=O)(=O)C2)c(C)c1N1CCN(C(=O)C2CCC2)CC1. The Kier molecular flexibility index (Phi) is 4.49. The van der Waals surface area contributed by atoms with Crippen molar-refractivity contribution in [2.24, 2.45) is 5.92 Å². The molecule has 2 saturated heterocycles. The van der Waals surface area contributed by atoms with E-state index >= 15 is 0 Å². The van der Waals surface area contributed by atoms with E-state index in [9.17, 15) is 13.2 Å². The van der Waals surface area contributed by atoms with E-state index in [1.807, 2.05) is 23.4 Å². The number of hydrogen-bond acceptors (Lipinski definition) is 5. The van der Waals surface area contributed by atoms with Crippen LogP contribution in [0, 0.1) is 19.8 Å². The summed E-state index contributed by atoms with van der Waals surface area (Å²) in [6.07, 6.45) is 3.93. The molecule has 4 rings (SSSR count). The Labute approximate surface area is 155 Å². The fraction of sp³-hybridized carbons (Fsp3) is 0.778. The van der Waals surface area contributed by atoms with Gasteiger partial charge in [0.2, 0.25) is 5.91 Å². The van der Waals surface area contributed by atoms with E-state index in [-0.39, 0.29) is 23.5 Å². The van der Waals surface area contributed by atoms with Crippen LogP contribution in [-0.2, 0) is 14.6 Å². The third kappa shape index (κ3) is 3.12. The van der Waals surface area contributed by atoms with Gasteiger partial charge in [-0.2, -0.15) is 5.10 Å². The van der Waals surface area contributed by atoms with E-state index in [4.69, 9.17) is 0 Å². The van der Waals surface area contributed by atoms with Crippen molar-refractivity contribution in [1.82, 2.24) is 14.7 Å². The van der Waals surface area contributed by atoms with Gasteiger partial charge >= 0.3 is 0 Å². The predicted molar refractivity (Wildman–Crippen MR) is 100 cm³/mol. The third-order valence-corrected chi connectivity index (χ3v) is 7.95. The van der Waals surface area contributed by atoms with Gasteiger partial charge in [-0.3, -0.25) is 9.48 Å². The summed E-state index contributed by atoms with van der Waals surface area (Å²) < 4.78 is 25.5. The quantitative estimate of drug-likeness (QED) is 0.790. The van der Waals surface area contributed by atoms with Gasteiger partial charge in [-0.05, 0) is 33.1 Å². The molecule has 1 atom stereocenters. The molecule has 3 aliphatic rings. The molecule has 1 aromatic heterocycles.